The van der Waals surface area contributed by atoms with E-state index in [1.54, 1.807) is 11.3 Å². The number of likely N-dealkylation sites (tertiary alicyclic amines) is 1. The van der Waals surface area contributed by atoms with E-state index in [1.807, 2.05) is 22.4 Å². The molecule has 2 aromatic rings. The van der Waals surface area contributed by atoms with E-state index in [9.17, 15) is 15.0 Å². The van der Waals surface area contributed by atoms with Crippen molar-refractivity contribution in [3.05, 3.63) is 45.6 Å². The maximum absolute atomic E-state index is 11.6. The van der Waals surface area contributed by atoms with Crippen LogP contribution in [0.3, 0.4) is 0 Å². The number of thiophene rings is 1. The van der Waals surface area contributed by atoms with Crippen molar-refractivity contribution in [1.29, 1.82) is 5.41 Å². The van der Waals surface area contributed by atoms with Crippen molar-refractivity contribution in [3.63, 3.8) is 0 Å². The average molecular weight is 404 g/mol. The number of hydrogen-bond donors (Lipinski definition) is 5. The molecule has 0 bridgehead atoms. The van der Waals surface area contributed by atoms with Crippen LogP contribution in [0, 0.1) is 5.41 Å². The number of carbonyl (C=O) groups is 1. The molecular formula is C18H21BN2O6S. The van der Waals surface area contributed by atoms with Crippen LogP contribution in [0.5, 0.6) is 11.5 Å². The van der Waals surface area contributed by atoms with Crippen LogP contribution in [0.2, 0.25) is 6.32 Å². The number of aromatic carboxylic acids is 1. The number of aromatic hydroxyl groups is 1. The first-order chi connectivity index (χ1) is 13.3. The highest BCUT2D eigenvalue weighted by Gasteiger charge is 2.32. The summed E-state index contributed by atoms with van der Waals surface area (Å²) in [5.41, 5.74) is -0.0251. The van der Waals surface area contributed by atoms with Crippen molar-refractivity contribution in [1.82, 2.24) is 4.90 Å². The first kappa shape index (κ1) is 20.2. The molecule has 3 rings (SSSR count). The number of amidine groups is 1. The number of carboxylic acid groups (broad SMARTS) is 1. The average Bonchev–Trinajstić information content (AvgIpc) is 3.09. The minimum atomic E-state index is -1.53. The Labute approximate surface area is 166 Å². The predicted molar refractivity (Wildman–Crippen MR) is 106 cm³/mol. The van der Waals surface area contributed by atoms with Gasteiger partial charge in [0.25, 0.3) is 0 Å². The molecule has 0 atom stereocenters. The van der Waals surface area contributed by atoms with E-state index in [2.05, 4.69) is 0 Å². The fourth-order valence-electron chi connectivity index (χ4n) is 3.01. The summed E-state index contributed by atoms with van der Waals surface area (Å²) in [6, 6.07) is 6.92. The van der Waals surface area contributed by atoms with Crippen molar-refractivity contribution in [2.24, 2.45) is 0 Å². The second kappa shape index (κ2) is 8.64. The summed E-state index contributed by atoms with van der Waals surface area (Å²) in [5.74, 6) is -1.19. The van der Waals surface area contributed by atoms with Crippen molar-refractivity contribution in [2.45, 2.75) is 25.3 Å². The fourth-order valence-corrected chi connectivity index (χ4v) is 3.72. The van der Waals surface area contributed by atoms with Crippen LogP contribution in [-0.4, -0.2) is 63.3 Å². The first-order valence-electron chi connectivity index (χ1n) is 8.80. The highest BCUT2D eigenvalue weighted by atomic mass is 32.1. The van der Waals surface area contributed by atoms with Crippen LogP contribution in [0.1, 0.15) is 20.8 Å². The Morgan fingerprint density at radius 1 is 1.32 bits per heavy atom. The Morgan fingerprint density at radius 2 is 2.07 bits per heavy atom. The zero-order chi connectivity index (χ0) is 20.3. The van der Waals surface area contributed by atoms with Crippen LogP contribution in [-0.2, 0) is 12.8 Å². The summed E-state index contributed by atoms with van der Waals surface area (Å²) < 4.78 is 5.74. The summed E-state index contributed by atoms with van der Waals surface area (Å²) in [7, 11) is -1.53. The Morgan fingerprint density at radius 3 is 2.68 bits per heavy atom. The second-order valence-electron chi connectivity index (χ2n) is 6.62. The highest BCUT2D eigenvalue weighted by Crippen LogP contribution is 2.34. The van der Waals surface area contributed by atoms with Crippen LogP contribution < -0.4 is 4.74 Å². The molecule has 28 heavy (non-hydrogen) atoms. The minimum Gasteiger partial charge on any atom is -0.507 e. The summed E-state index contributed by atoms with van der Waals surface area (Å²) in [4.78, 5) is 14.6. The molecule has 1 aromatic heterocycles. The van der Waals surface area contributed by atoms with Gasteiger partial charge in [-0.2, -0.15) is 0 Å². The minimum absolute atomic E-state index is 0.0171. The van der Waals surface area contributed by atoms with Gasteiger partial charge in [-0.25, -0.2) is 4.79 Å². The van der Waals surface area contributed by atoms with Gasteiger partial charge in [-0.05, 0) is 35.8 Å². The molecule has 148 valence electrons. The molecule has 1 saturated heterocycles. The van der Waals surface area contributed by atoms with Crippen molar-refractivity contribution >= 4 is 30.3 Å². The zero-order valence-corrected chi connectivity index (χ0v) is 15.9. The number of ether oxygens (including phenoxy) is 1. The molecular weight excluding hydrogens is 383 g/mol. The number of nitrogens with zero attached hydrogens (tertiary/aromatic N) is 1. The van der Waals surface area contributed by atoms with Gasteiger partial charge in [-0.15, -0.1) is 11.3 Å². The third kappa shape index (κ3) is 4.64. The van der Waals surface area contributed by atoms with Crippen LogP contribution >= 0.6 is 11.3 Å². The van der Waals surface area contributed by atoms with Crippen LogP contribution in [0.25, 0.3) is 0 Å². The van der Waals surface area contributed by atoms with Gasteiger partial charge in [0.1, 0.15) is 29.0 Å². The molecule has 5 N–H and O–H groups in total. The molecule has 1 fully saturated rings. The molecule has 2 heterocycles. The molecule has 8 nitrogen and oxygen atoms in total. The quantitative estimate of drug-likeness (QED) is 0.255. The molecule has 0 spiro atoms. The Hall–Kier alpha value is -2.56. The lowest BCUT2D eigenvalue weighted by Crippen LogP contribution is -2.56. The molecule has 0 aliphatic carbocycles. The fraction of sp³-hybridized carbons (Fsp3) is 0.333. The number of phenols is 1. The van der Waals surface area contributed by atoms with E-state index < -0.39 is 18.8 Å². The van der Waals surface area contributed by atoms with Gasteiger partial charge in [0, 0.05) is 11.3 Å². The molecule has 10 heteroatoms. The van der Waals surface area contributed by atoms with Crippen molar-refractivity contribution < 1.29 is 29.8 Å². The van der Waals surface area contributed by atoms with E-state index in [0.717, 1.165) is 4.88 Å². The Bertz CT molecular complexity index is 852. The molecule has 0 radical (unpaired) electrons. The van der Waals surface area contributed by atoms with E-state index in [4.69, 9.17) is 20.2 Å². The normalized spacial score (nSPS) is 13.9. The molecule has 0 amide bonds. The number of benzene rings is 1. The number of hydrogen-bond acceptors (Lipinski definition) is 7. The summed E-state index contributed by atoms with van der Waals surface area (Å²) >= 11 is 1.60. The summed E-state index contributed by atoms with van der Waals surface area (Å²) in [5, 5.41) is 47.8. The number of aryl methyl sites for hydroxylation is 1. The smallest absolute Gasteiger partial charge is 0.451 e. The third-order valence-corrected chi connectivity index (χ3v) is 5.43. The topological polar surface area (TPSA) is 134 Å². The first-order valence-corrected chi connectivity index (χ1v) is 9.68. The SMILES string of the molecule is N=C(Cc1cccs1)N1CC(Oc2ccc(CCB(O)O)c(O)c2C(=O)O)C1. The van der Waals surface area contributed by atoms with E-state index in [-0.39, 0.29) is 30.2 Å². The summed E-state index contributed by atoms with van der Waals surface area (Å²) in [6.07, 6.45) is 0.390. The molecule has 1 aromatic carbocycles. The predicted octanol–water partition coefficient (Wildman–Crippen LogP) is 1.45. The van der Waals surface area contributed by atoms with Gasteiger partial charge in [0.05, 0.1) is 13.1 Å². The standard InChI is InChI=1S/C18H21BN2O6S/c20-15(8-13-2-1-7-28-13)21-9-12(10-21)27-14-4-3-11(5-6-19(25)26)17(22)16(14)18(23)24/h1-4,7,12,20,22,25-26H,5-6,8-10H2,(H,23,24). The lowest BCUT2D eigenvalue weighted by atomic mass is 9.82. The van der Waals surface area contributed by atoms with Crippen molar-refractivity contribution in [2.75, 3.05) is 13.1 Å². The van der Waals surface area contributed by atoms with Crippen molar-refractivity contribution in [3.8, 4) is 11.5 Å². The highest BCUT2D eigenvalue weighted by molar-refractivity contribution is 7.10. The van der Waals surface area contributed by atoms with Crippen LogP contribution in [0.15, 0.2) is 29.6 Å². The van der Waals surface area contributed by atoms with Gasteiger partial charge < -0.3 is 29.9 Å². The molecule has 1 aliphatic heterocycles. The van der Waals surface area contributed by atoms with Crippen LogP contribution in [0.4, 0.5) is 0 Å². The second-order valence-corrected chi connectivity index (χ2v) is 7.65. The number of nitrogens with one attached hydrogen (secondary N) is 1. The Kier molecular flexibility index (Phi) is 6.23. The molecule has 0 saturated carbocycles. The molecule has 0 unspecified atom stereocenters. The van der Waals surface area contributed by atoms with Gasteiger partial charge in [-0.1, -0.05) is 12.1 Å². The van der Waals surface area contributed by atoms with Gasteiger partial charge in [-0.3, -0.25) is 5.41 Å². The lowest BCUT2D eigenvalue weighted by molar-refractivity contribution is 0.0588. The maximum Gasteiger partial charge on any atom is 0.451 e. The third-order valence-electron chi connectivity index (χ3n) is 4.55. The maximum atomic E-state index is 11.6. The van der Waals surface area contributed by atoms with E-state index in [1.165, 1.54) is 12.1 Å². The largest absolute Gasteiger partial charge is 0.507 e. The monoisotopic (exact) mass is 404 g/mol. The van der Waals surface area contributed by atoms with Gasteiger partial charge >= 0.3 is 13.1 Å². The Balaban J connectivity index is 1.62. The van der Waals surface area contributed by atoms with E-state index >= 15 is 0 Å². The zero-order valence-electron chi connectivity index (χ0n) is 15.0. The van der Waals surface area contributed by atoms with Gasteiger partial charge in [0.15, 0.2) is 0 Å². The van der Waals surface area contributed by atoms with E-state index in [0.29, 0.717) is 30.9 Å². The summed E-state index contributed by atoms with van der Waals surface area (Å²) in [6.45, 7) is 0.949. The number of rotatable bonds is 8. The molecule has 1 aliphatic rings. The lowest BCUT2D eigenvalue weighted by Gasteiger charge is -2.40. The number of carboxylic acids is 1. The van der Waals surface area contributed by atoms with Gasteiger partial charge in [0.2, 0.25) is 0 Å².